The molecule has 1 atom stereocenters. The topological polar surface area (TPSA) is 123 Å². The smallest absolute Gasteiger partial charge is 0.326 e. The molecular formula is C11H16N4O5. The monoisotopic (exact) mass is 284 g/mol. The van der Waals surface area contributed by atoms with Crippen molar-refractivity contribution in [2.45, 2.75) is 19.0 Å². The Morgan fingerprint density at radius 2 is 2.20 bits per heavy atom. The van der Waals surface area contributed by atoms with Crippen molar-refractivity contribution in [2.24, 2.45) is 7.05 Å². The maximum Gasteiger partial charge on any atom is 0.326 e. The number of methoxy groups -OCH3 is 1. The molecule has 1 rings (SSSR count). The average molecular weight is 284 g/mol. The van der Waals surface area contributed by atoms with E-state index in [1.54, 1.807) is 24.1 Å². The van der Waals surface area contributed by atoms with Crippen molar-refractivity contribution in [2.75, 3.05) is 7.11 Å². The van der Waals surface area contributed by atoms with Gasteiger partial charge in [0, 0.05) is 25.4 Å². The van der Waals surface area contributed by atoms with Gasteiger partial charge in [0.25, 0.3) is 0 Å². The second kappa shape index (κ2) is 7.12. The summed E-state index contributed by atoms with van der Waals surface area (Å²) in [7, 11) is 2.88. The lowest BCUT2D eigenvalue weighted by Gasteiger charge is -2.13. The van der Waals surface area contributed by atoms with Crippen LogP contribution in [-0.2, 0) is 27.9 Å². The molecule has 1 aromatic heterocycles. The number of aromatic nitrogens is 2. The zero-order valence-corrected chi connectivity index (χ0v) is 11.1. The van der Waals surface area contributed by atoms with Crippen LogP contribution in [0.2, 0.25) is 0 Å². The molecule has 9 heteroatoms. The van der Waals surface area contributed by atoms with Crippen LogP contribution < -0.4 is 10.6 Å². The number of carboxylic acid groups (broad SMARTS) is 1. The fourth-order valence-corrected chi connectivity index (χ4v) is 1.40. The Hall–Kier alpha value is -2.58. The zero-order valence-electron chi connectivity index (χ0n) is 11.1. The van der Waals surface area contributed by atoms with Crippen LogP contribution >= 0.6 is 0 Å². The van der Waals surface area contributed by atoms with Gasteiger partial charge in [-0.05, 0) is 0 Å². The highest BCUT2D eigenvalue weighted by Crippen LogP contribution is 1.97. The van der Waals surface area contributed by atoms with E-state index in [4.69, 9.17) is 5.11 Å². The molecule has 2 amide bonds. The molecule has 0 bridgehead atoms. The zero-order chi connectivity index (χ0) is 15.1. The van der Waals surface area contributed by atoms with E-state index < -0.39 is 30.4 Å². The fraction of sp³-hybridized carbons (Fsp3) is 0.455. The first kappa shape index (κ1) is 15.5. The number of hydrogen-bond donors (Lipinski definition) is 3. The van der Waals surface area contributed by atoms with Crippen molar-refractivity contribution >= 4 is 18.0 Å². The number of nitrogens with zero attached hydrogens (tertiary/aromatic N) is 2. The number of rotatable bonds is 6. The van der Waals surface area contributed by atoms with E-state index in [-0.39, 0.29) is 6.54 Å². The standard InChI is InChI=1S/C11H16N4O5/c1-15-6-7(5-13-15)4-12-11(19)14-8(10(17)18)3-9(16)20-2/h5-6,8H,3-4H2,1-2H3,(H,17,18)(H2,12,14,19)/t8-/m0/s1. The van der Waals surface area contributed by atoms with Crippen LogP contribution in [0.25, 0.3) is 0 Å². The van der Waals surface area contributed by atoms with Crippen LogP contribution in [0.3, 0.4) is 0 Å². The molecule has 0 aliphatic carbocycles. The van der Waals surface area contributed by atoms with E-state index in [2.05, 4.69) is 20.5 Å². The normalized spacial score (nSPS) is 11.5. The Balaban J connectivity index is 2.45. The molecule has 0 saturated carbocycles. The first-order chi connectivity index (χ1) is 9.42. The summed E-state index contributed by atoms with van der Waals surface area (Å²) in [6.45, 7) is 0.199. The molecule has 110 valence electrons. The third-order valence-electron chi connectivity index (χ3n) is 2.41. The molecule has 0 radical (unpaired) electrons. The maximum atomic E-state index is 11.5. The Labute approximate surface area is 114 Å². The van der Waals surface area contributed by atoms with Gasteiger partial charge in [0.15, 0.2) is 0 Å². The Bertz CT molecular complexity index is 499. The number of aryl methyl sites for hydroxylation is 1. The number of carbonyl (C=O) groups is 3. The van der Waals surface area contributed by atoms with Crippen LogP contribution in [0.1, 0.15) is 12.0 Å². The summed E-state index contributed by atoms with van der Waals surface area (Å²) in [5.74, 6) is -2.03. The van der Waals surface area contributed by atoms with Gasteiger partial charge >= 0.3 is 18.0 Å². The largest absolute Gasteiger partial charge is 0.480 e. The highest BCUT2D eigenvalue weighted by molar-refractivity contribution is 5.86. The third-order valence-corrected chi connectivity index (χ3v) is 2.41. The minimum Gasteiger partial charge on any atom is -0.480 e. The highest BCUT2D eigenvalue weighted by Gasteiger charge is 2.23. The van der Waals surface area contributed by atoms with Gasteiger partial charge in [-0.1, -0.05) is 0 Å². The van der Waals surface area contributed by atoms with Crippen LogP contribution in [0, 0.1) is 0 Å². The first-order valence-corrected chi connectivity index (χ1v) is 5.74. The van der Waals surface area contributed by atoms with Gasteiger partial charge in [-0.3, -0.25) is 9.48 Å². The van der Waals surface area contributed by atoms with E-state index in [1.807, 2.05) is 0 Å². The van der Waals surface area contributed by atoms with E-state index in [0.717, 1.165) is 12.7 Å². The molecule has 0 aliphatic heterocycles. The summed E-state index contributed by atoms with van der Waals surface area (Å²) >= 11 is 0. The predicted molar refractivity (Wildman–Crippen MR) is 66.6 cm³/mol. The van der Waals surface area contributed by atoms with E-state index in [1.165, 1.54) is 0 Å². The minimum absolute atomic E-state index is 0.199. The second-order valence-electron chi connectivity index (χ2n) is 4.02. The highest BCUT2D eigenvalue weighted by atomic mass is 16.5. The van der Waals surface area contributed by atoms with Crippen LogP contribution in [0.15, 0.2) is 12.4 Å². The Morgan fingerprint density at radius 3 is 2.70 bits per heavy atom. The molecule has 0 aromatic carbocycles. The lowest BCUT2D eigenvalue weighted by molar-refractivity contribution is -0.147. The number of nitrogens with one attached hydrogen (secondary N) is 2. The van der Waals surface area contributed by atoms with E-state index in [9.17, 15) is 14.4 Å². The summed E-state index contributed by atoms with van der Waals surface area (Å²) in [5.41, 5.74) is 0.766. The summed E-state index contributed by atoms with van der Waals surface area (Å²) in [6, 6.07) is -2.03. The summed E-state index contributed by atoms with van der Waals surface area (Å²) in [4.78, 5) is 33.5. The maximum absolute atomic E-state index is 11.5. The van der Waals surface area contributed by atoms with Crippen molar-refractivity contribution in [3.05, 3.63) is 18.0 Å². The van der Waals surface area contributed by atoms with Gasteiger partial charge in [0.05, 0.1) is 19.7 Å². The van der Waals surface area contributed by atoms with Gasteiger partial charge in [-0.2, -0.15) is 5.10 Å². The van der Waals surface area contributed by atoms with E-state index in [0.29, 0.717) is 0 Å². The lowest BCUT2D eigenvalue weighted by atomic mass is 10.2. The molecular weight excluding hydrogens is 268 g/mol. The van der Waals surface area contributed by atoms with Crippen molar-refractivity contribution in [1.29, 1.82) is 0 Å². The first-order valence-electron chi connectivity index (χ1n) is 5.74. The molecule has 1 aromatic rings. The van der Waals surface area contributed by atoms with Gasteiger partial charge in [0.1, 0.15) is 6.04 Å². The van der Waals surface area contributed by atoms with E-state index >= 15 is 0 Å². The van der Waals surface area contributed by atoms with Crippen LogP contribution in [-0.4, -0.2) is 46.0 Å². The van der Waals surface area contributed by atoms with Gasteiger partial charge in [-0.15, -0.1) is 0 Å². The molecule has 1 heterocycles. The van der Waals surface area contributed by atoms with Crippen molar-refractivity contribution in [3.63, 3.8) is 0 Å². The molecule has 0 unspecified atom stereocenters. The van der Waals surface area contributed by atoms with Gasteiger partial charge < -0.3 is 20.5 Å². The average Bonchev–Trinajstić information content (AvgIpc) is 2.81. The molecule has 3 N–H and O–H groups in total. The van der Waals surface area contributed by atoms with Crippen LogP contribution in [0.4, 0.5) is 4.79 Å². The fourth-order valence-electron chi connectivity index (χ4n) is 1.40. The summed E-state index contributed by atoms with van der Waals surface area (Å²) in [6.07, 6.45) is 2.85. The molecule has 0 aliphatic rings. The predicted octanol–water partition coefficient (Wildman–Crippen LogP) is -0.764. The number of ether oxygens (including phenoxy) is 1. The number of aliphatic carboxylic acids is 1. The van der Waals surface area contributed by atoms with Crippen molar-refractivity contribution in [1.82, 2.24) is 20.4 Å². The SMILES string of the molecule is COC(=O)C[C@H](NC(=O)NCc1cnn(C)c1)C(=O)O. The molecule has 9 nitrogen and oxygen atoms in total. The quantitative estimate of drug-likeness (QED) is 0.590. The second-order valence-corrected chi connectivity index (χ2v) is 4.02. The minimum atomic E-state index is -1.34. The number of amides is 2. The number of carbonyl (C=O) groups excluding carboxylic acids is 2. The lowest BCUT2D eigenvalue weighted by Crippen LogP contribution is -2.46. The third kappa shape index (κ3) is 4.96. The Morgan fingerprint density at radius 1 is 1.50 bits per heavy atom. The van der Waals surface area contributed by atoms with Gasteiger partial charge in [0.2, 0.25) is 0 Å². The van der Waals surface area contributed by atoms with Gasteiger partial charge in [-0.25, -0.2) is 9.59 Å². The molecule has 0 fully saturated rings. The van der Waals surface area contributed by atoms with Crippen molar-refractivity contribution < 1.29 is 24.2 Å². The summed E-state index contributed by atoms with van der Waals surface area (Å²) < 4.78 is 5.94. The number of urea groups is 1. The summed E-state index contributed by atoms with van der Waals surface area (Å²) in [5, 5.41) is 17.5. The van der Waals surface area contributed by atoms with Crippen molar-refractivity contribution in [3.8, 4) is 0 Å². The molecule has 20 heavy (non-hydrogen) atoms. The van der Waals surface area contributed by atoms with Crippen LogP contribution in [0.5, 0.6) is 0 Å². The molecule has 0 saturated heterocycles. The number of esters is 1. The Kier molecular flexibility index (Phi) is 5.51. The molecule has 0 spiro atoms. The number of carboxylic acids is 1. The number of hydrogen-bond acceptors (Lipinski definition) is 5.